The topological polar surface area (TPSA) is 103 Å². The molecule has 9 nitrogen and oxygen atoms in total. The van der Waals surface area contributed by atoms with Crippen molar-refractivity contribution in [2.75, 3.05) is 22.1 Å². The van der Waals surface area contributed by atoms with Gasteiger partial charge in [0.25, 0.3) is 0 Å². The monoisotopic (exact) mass is 506 g/mol. The molecule has 10 heteroatoms. The molecule has 0 bridgehead atoms. The molecule has 1 saturated carbocycles. The Morgan fingerprint density at radius 1 is 1.15 bits per heavy atom. The second-order valence-electron chi connectivity index (χ2n) is 8.55. The Kier molecular flexibility index (Phi) is 5.01. The van der Waals surface area contributed by atoms with Crippen LogP contribution in [-0.2, 0) is 4.79 Å². The molecule has 1 saturated heterocycles. The molecule has 1 aromatic carbocycles. The zero-order valence-electron chi connectivity index (χ0n) is 17.8. The van der Waals surface area contributed by atoms with E-state index in [4.69, 9.17) is 10.1 Å². The van der Waals surface area contributed by atoms with E-state index in [1.807, 2.05) is 53.6 Å². The van der Waals surface area contributed by atoms with Crippen molar-refractivity contribution in [2.45, 2.75) is 37.6 Å². The third-order valence-corrected chi connectivity index (χ3v) is 6.69. The molecule has 2 aliphatic rings. The lowest BCUT2D eigenvalue weighted by molar-refractivity contribution is -0.117. The fourth-order valence-corrected chi connectivity index (χ4v) is 4.56. The number of fused-ring (bicyclic) bond motifs is 1. The van der Waals surface area contributed by atoms with Crippen LogP contribution in [0.4, 0.5) is 23.3 Å². The highest BCUT2D eigenvalue weighted by Crippen LogP contribution is 2.39. The molecule has 168 valence electrons. The number of H-pyrrole nitrogens is 1. The Balaban J connectivity index is 1.27. The van der Waals surface area contributed by atoms with Crippen LogP contribution in [0.15, 0.2) is 53.1 Å². The number of rotatable bonds is 6. The van der Waals surface area contributed by atoms with Gasteiger partial charge < -0.3 is 15.5 Å². The Bertz CT molecular complexity index is 1310. The van der Waals surface area contributed by atoms with E-state index < -0.39 is 0 Å². The summed E-state index contributed by atoms with van der Waals surface area (Å²) >= 11 is 3.42. The number of aromatic amines is 1. The number of halogens is 1. The highest BCUT2D eigenvalue weighted by Gasteiger charge is 2.33. The molecule has 3 N–H and O–H groups in total. The Hall–Kier alpha value is -3.40. The third kappa shape index (κ3) is 4.06. The standard InChI is InChI=1S/C23H23BrN8O/c24-15-7-9-16(10-8-15)25-22(33)19-4-1-11-31(19)23-27-21(18-3-2-12-32(18)30-23)26-20-13-17(28-29-20)14-5-6-14/h2-3,7-10,12-14,19H,1,4-6,11H2,(H,25,33)(H2,26,27,28,29,30). The number of amides is 1. The molecule has 0 spiro atoms. The number of anilines is 4. The number of hydrogen-bond acceptors (Lipinski definition) is 6. The zero-order chi connectivity index (χ0) is 22.4. The average molecular weight is 507 g/mol. The minimum atomic E-state index is -0.332. The van der Waals surface area contributed by atoms with Crippen molar-refractivity contribution in [1.29, 1.82) is 0 Å². The molecule has 3 aromatic heterocycles. The Morgan fingerprint density at radius 2 is 2.00 bits per heavy atom. The van der Waals surface area contributed by atoms with E-state index in [9.17, 15) is 4.79 Å². The van der Waals surface area contributed by atoms with E-state index in [2.05, 4.69) is 36.8 Å². The molecule has 1 amide bonds. The molecule has 0 radical (unpaired) electrons. The van der Waals surface area contributed by atoms with Gasteiger partial charge in [0, 0.05) is 40.6 Å². The number of nitrogens with zero attached hydrogens (tertiary/aromatic N) is 5. The summed E-state index contributed by atoms with van der Waals surface area (Å²) in [6.45, 7) is 0.721. The normalized spacial score (nSPS) is 18.1. The van der Waals surface area contributed by atoms with Gasteiger partial charge in [0.1, 0.15) is 11.6 Å². The third-order valence-electron chi connectivity index (χ3n) is 6.17. The quantitative estimate of drug-likeness (QED) is 0.357. The lowest BCUT2D eigenvalue weighted by Gasteiger charge is -2.24. The summed E-state index contributed by atoms with van der Waals surface area (Å²) in [5.74, 6) is 2.46. The lowest BCUT2D eigenvalue weighted by atomic mass is 10.2. The van der Waals surface area contributed by atoms with Crippen LogP contribution in [0.25, 0.3) is 5.52 Å². The van der Waals surface area contributed by atoms with Crippen LogP contribution >= 0.6 is 15.9 Å². The predicted octanol–water partition coefficient (Wildman–Crippen LogP) is 4.44. The van der Waals surface area contributed by atoms with E-state index >= 15 is 0 Å². The van der Waals surface area contributed by atoms with E-state index in [-0.39, 0.29) is 11.9 Å². The molecular weight excluding hydrogens is 484 g/mol. The molecule has 2 fully saturated rings. The number of nitrogens with one attached hydrogen (secondary N) is 3. The highest BCUT2D eigenvalue weighted by molar-refractivity contribution is 9.10. The molecule has 6 rings (SSSR count). The fraction of sp³-hybridized carbons (Fsp3) is 0.304. The summed E-state index contributed by atoms with van der Waals surface area (Å²) < 4.78 is 2.76. The van der Waals surface area contributed by atoms with Crippen LogP contribution in [0, 0.1) is 0 Å². The van der Waals surface area contributed by atoms with E-state index in [0.29, 0.717) is 17.7 Å². The number of hydrogen-bond donors (Lipinski definition) is 3. The minimum Gasteiger partial charge on any atom is -0.327 e. The minimum absolute atomic E-state index is 0.0538. The molecule has 1 aliphatic heterocycles. The maximum absolute atomic E-state index is 13.1. The predicted molar refractivity (Wildman–Crippen MR) is 130 cm³/mol. The second-order valence-corrected chi connectivity index (χ2v) is 9.47. The summed E-state index contributed by atoms with van der Waals surface area (Å²) in [6.07, 6.45) is 5.96. The first-order chi connectivity index (χ1) is 16.1. The van der Waals surface area contributed by atoms with Crippen molar-refractivity contribution < 1.29 is 4.79 Å². The molecule has 1 unspecified atom stereocenters. The van der Waals surface area contributed by atoms with Crippen LogP contribution < -0.4 is 15.5 Å². The van der Waals surface area contributed by atoms with Gasteiger partial charge in [-0.3, -0.25) is 9.89 Å². The summed E-state index contributed by atoms with van der Waals surface area (Å²) in [6, 6.07) is 13.2. The Morgan fingerprint density at radius 3 is 2.82 bits per heavy atom. The van der Waals surface area contributed by atoms with Gasteiger partial charge >= 0.3 is 0 Å². The first kappa shape index (κ1) is 20.2. The molecular formula is C23H23BrN8O. The van der Waals surface area contributed by atoms with Crippen LogP contribution in [0.5, 0.6) is 0 Å². The van der Waals surface area contributed by atoms with Crippen molar-refractivity contribution in [3.63, 3.8) is 0 Å². The number of carbonyl (C=O) groups excluding carboxylic acids is 1. The molecule has 33 heavy (non-hydrogen) atoms. The van der Waals surface area contributed by atoms with E-state index in [1.54, 1.807) is 4.52 Å². The maximum atomic E-state index is 13.1. The van der Waals surface area contributed by atoms with Crippen molar-refractivity contribution >= 4 is 50.6 Å². The largest absolute Gasteiger partial charge is 0.327 e. The first-order valence-corrected chi connectivity index (χ1v) is 11.9. The zero-order valence-corrected chi connectivity index (χ0v) is 19.4. The second kappa shape index (κ2) is 8.18. The lowest BCUT2D eigenvalue weighted by Crippen LogP contribution is -2.40. The van der Waals surface area contributed by atoms with Gasteiger partial charge in [0.05, 0.1) is 0 Å². The van der Waals surface area contributed by atoms with Gasteiger partial charge in [-0.15, -0.1) is 5.10 Å². The summed E-state index contributed by atoms with van der Waals surface area (Å²) in [5.41, 5.74) is 2.77. The molecule has 1 aliphatic carbocycles. The van der Waals surface area contributed by atoms with Gasteiger partial charge in [-0.25, -0.2) is 4.52 Å². The highest BCUT2D eigenvalue weighted by atomic mass is 79.9. The Labute approximate surface area is 198 Å². The number of carbonyl (C=O) groups is 1. The van der Waals surface area contributed by atoms with Crippen molar-refractivity contribution in [2.24, 2.45) is 0 Å². The van der Waals surface area contributed by atoms with E-state index in [0.717, 1.165) is 46.6 Å². The first-order valence-electron chi connectivity index (χ1n) is 11.1. The van der Waals surface area contributed by atoms with Crippen LogP contribution in [0.2, 0.25) is 0 Å². The SMILES string of the molecule is O=C(Nc1ccc(Br)cc1)C1CCCN1c1nc(Nc2cc(C3CC3)[nH]n2)c2cccn2n1. The van der Waals surface area contributed by atoms with Gasteiger partial charge in [0.2, 0.25) is 11.9 Å². The maximum Gasteiger partial charge on any atom is 0.247 e. The summed E-state index contributed by atoms with van der Waals surface area (Å²) in [5, 5.41) is 18.6. The van der Waals surface area contributed by atoms with Gasteiger partial charge in [0.15, 0.2) is 11.6 Å². The van der Waals surface area contributed by atoms with Crippen LogP contribution in [-0.4, -0.2) is 43.3 Å². The molecule has 4 aromatic rings. The summed E-state index contributed by atoms with van der Waals surface area (Å²) in [7, 11) is 0. The van der Waals surface area contributed by atoms with Crippen LogP contribution in [0.3, 0.4) is 0 Å². The van der Waals surface area contributed by atoms with Gasteiger partial charge in [-0.05, 0) is 62.1 Å². The summed E-state index contributed by atoms with van der Waals surface area (Å²) in [4.78, 5) is 19.9. The number of benzene rings is 1. The smallest absolute Gasteiger partial charge is 0.247 e. The molecule has 1 atom stereocenters. The van der Waals surface area contributed by atoms with Crippen molar-refractivity contribution in [3.8, 4) is 0 Å². The average Bonchev–Trinajstić information content (AvgIpc) is 3.20. The fourth-order valence-electron chi connectivity index (χ4n) is 4.30. The van der Waals surface area contributed by atoms with Gasteiger partial charge in [-0.2, -0.15) is 10.1 Å². The van der Waals surface area contributed by atoms with Gasteiger partial charge in [-0.1, -0.05) is 15.9 Å². The van der Waals surface area contributed by atoms with Crippen molar-refractivity contribution in [1.82, 2.24) is 24.8 Å². The van der Waals surface area contributed by atoms with Crippen LogP contribution in [0.1, 0.15) is 37.3 Å². The van der Waals surface area contributed by atoms with E-state index in [1.165, 1.54) is 12.8 Å². The van der Waals surface area contributed by atoms with Crippen molar-refractivity contribution in [3.05, 3.63) is 58.8 Å². The number of aromatic nitrogens is 5. The molecule has 4 heterocycles.